The van der Waals surface area contributed by atoms with Gasteiger partial charge in [-0.3, -0.25) is 4.68 Å². The van der Waals surface area contributed by atoms with Gasteiger partial charge in [0.15, 0.2) is 0 Å². The van der Waals surface area contributed by atoms with Crippen molar-refractivity contribution in [2.75, 3.05) is 6.61 Å². The number of aliphatic hydroxyl groups is 1. The molecule has 1 aromatic carbocycles. The van der Waals surface area contributed by atoms with Gasteiger partial charge in [-0.25, -0.2) is 0 Å². The fourth-order valence-corrected chi connectivity index (χ4v) is 2.68. The summed E-state index contributed by atoms with van der Waals surface area (Å²) >= 11 is 0. The van der Waals surface area contributed by atoms with Gasteiger partial charge in [0.25, 0.3) is 0 Å². The predicted octanol–water partition coefficient (Wildman–Crippen LogP) is 2.41. The summed E-state index contributed by atoms with van der Waals surface area (Å²) in [7, 11) is 1.86. The van der Waals surface area contributed by atoms with Crippen molar-refractivity contribution in [2.24, 2.45) is 7.05 Å². The van der Waals surface area contributed by atoms with Gasteiger partial charge in [0.1, 0.15) is 5.75 Å². The second-order valence-electron chi connectivity index (χ2n) is 5.07. The van der Waals surface area contributed by atoms with E-state index in [1.165, 1.54) is 5.56 Å². The Balaban J connectivity index is 1.77. The lowest BCUT2D eigenvalue weighted by atomic mass is 9.87. The van der Waals surface area contributed by atoms with Gasteiger partial charge in [-0.2, -0.15) is 5.10 Å². The van der Waals surface area contributed by atoms with E-state index in [9.17, 15) is 5.11 Å². The molecule has 0 fully saturated rings. The number of aliphatic hydroxyl groups excluding tert-OH is 1. The number of aryl methyl sites for hydroxylation is 1. The van der Waals surface area contributed by atoms with Crippen LogP contribution in [0, 0.1) is 0 Å². The minimum atomic E-state index is -0.468. The van der Waals surface area contributed by atoms with Crippen LogP contribution in [0.4, 0.5) is 0 Å². The Hall–Kier alpha value is -1.81. The molecule has 2 heterocycles. The number of ether oxygens (including phenoxy) is 1. The molecule has 0 spiro atoms. The number of hydrogen-bond acceptors (Lipinski definition) is 3. The highest BCUT2D eigenvalue weighted by atomic mass is 16.5. The van der Waals surface area contributed by atoms with Crippen LogP contribution in [0.3, 0.4) is 0 Å². The van der Waals surface area contributed by atoms with Crippen molar-refractivity contribution in [1.29, 1.82) is 0 Å². The molecule has 0 aliphatic carbocycles. The molecule has 19 heavy (non-hydrogen) atoms. The molecular formula is C15H18N2O2. The summed E-state index contributed by atoms with van der Waals surface area (Å²) in [6.45, 7) is 0.724. The van der Waals surface area contributed by atoms with E-state index >= 15 is 0 Å². The fourth-order valence-electron chi connectivity index (χ4n) is 2.68. The first-order chi connectivity index (χ1) is 9.24. The first-order valence-corrected chi connectivity index (χ1v) is 6.62. The van der Waals surface area contributed by atoms with Crippen LogP contribution in [0.15, 0.2) is 36.7 Å². The second-order valence-corrected chi connectivity index (χ2v) is 5.07. The van der Waals surface area contributed by atoms with Crippen molar-refractivity contribution in [3.63, 3.8) is 0 Å². The molecule has 100 valence electrons. The molecule has 1 aliphatic rings. The molecule has 0 saturated heterocycles. The summed E-state index contributed by atoms with van der Waals surface area (Å²) in [5.41, 5.74) is 2.09. The molecule has 1 N–H and O–H groups in total. The highest BCUT2D eigenvalue weighted by molar-refractivity contribution is 5.37. The monoisotopic (exact) mass is 258 g/mol. The molecule has 0 amide bonds. The standard InChI is InChI=1S/C15H18N2O2/c1-17-10-12(9-16-17)14(18)8-11-6-7-19-15-5-3-2-4-13(11)15/h2-5,9-11,14,18H,6-8H2,1H3. The van der Waals surface area contributed by atoms with Gasteiger partial charge in [0, 0.05) is 18.8 Å². The third kappa shape index (κ3) is 2.49. The van der Waals surface area contributed by atoms with Crippen LogP contribution < -0.4 is 4.74 Å². The molecule has 0 bridgehead atoms. The normalized spacial score (nSPS) is 19.6. The zero-order chi connectivity index (χ0) is 13.2. The lowest BCUT2D eigenvalue weighted by molar-refractivity contribution is 0.145. The maximum absolute atomic E-state index is 10.3. The summed E-state index contributed by atoms with van der Waals surface area (Å²) in [4.78, 5) is 0. The number of aromatic nitrogens is 2. The van der Waals surface area contributed by atoms with Crippen LogP contribution in [0.1, 0.15) is 36.0 Å². The van der Waals surface area contributed by atoms with Gasteiger partial charge < -0.3 is 9.84 Å². The zero-order valence-corrected chi connectivity index (χ0v) is 11.0. The van der Waals surface area contributed by atoms with Gasteiger partial charge >= 0.3 is 0 Å². The van der Waals surface area contributed by atoms with E-state index in [0.717, 1.165) is 24.3 Å². The number of fused-ring (bicyclic) bond motifs is 1. The highest BCUT2D eigenvalue weighted by Crippen LogP contribution is 2.38. The fraction of sp³-hybridized carbons (Fsp3) is 0.400. The molecule has 4 nitrogen and oxygen atoms in total. The summed E-state index contributed by atoms with van der Waals surface area (Å²) in [6.07, 6.45) is 4.80. The minimum absolute atomic E-state index is 0.347. The molecule has 1 aromatic heterocycles. The van der Waals surface area contributed by atoms with E-state index in [-0.39, 0.29) is 0 Å². The molecule has 3 rings (SSSR count). The first-order valence-electron chi connectivity index (χ1n) is 6.62. The number of nitrogens with zero attached hydrogens (tertiary/aromatic N) is 2. The molecule has 2 aromatic rings. The average Bonchev–Trinajstić information content (AvgIpc) is 2.86. The molecule has 0 radical (unpaired) electrons. The van der Waals surface area contributed by atoms with E-state index in [1.807, 2.05) is 31.4 Å². The number of benzene rings is 1. The smallest absolute Gasteiger partial charge is 0.122 e. The molecular weight excluding hydrogens is 240 g/mol. The lowest BCUT2D eigenvalue weighted by Gasteiger charge is -2.27. The largest absolute Gasteiger partial charge is 0.493 e. The Labute approximate surface area is 112 Å². The summed E-state index contributed by atoms with van der Waals surface area (Å²) < 4.78 is 7.37. The Bertz CT molecular complexity index is 565. The van der Waals surface area contributed by atoms with E-state index < -0.39 is 6.10 Å². The molecule has 2 atom stereocenters. The minimum Gasteiger partial charge on any atom is -0.493 e. The van der Waals surface area contributed by atoms with Gasteiger partial charge in [0.05, 0.1) is 18.9 Å². The second kappa shape index (κ2) is 5.05. The van der Waals surface area contributed by atoms with Crippen molar-refractivity contribution in [3.8, 4) is 5.75 Å². The maximum Gasteiger partial charge on any atom is 0.122 e. The average molecular weight is 258 g/mol. The van der Waals surface area contributed by atoms with Crippen LogP contribution in [-0.2, 0) is 7.05 Å². The van der Waals surface area contributed by atoms with Crippen molar-refractivity contribution in [1.82, 2.24) is 9.78 Å². The predicted molar refractivity (Wildman–Crippen MR) is 72.1 cm³/mol. The van der Waals surface area contributed by atoms with Crippen LogP contribution in [0.2, 0.25) is 0 Å². The van der Waals surface area contributed by atoms with Crippen LogP contribution >= 0.6 is 0 Å². The van der Waals surface area contributed by atoms with Gasteiger partial charge in [-0.05, 0) is 30.4 Å². The quantitative estimate of drug-likeness (QED) is 0.919. The van der Waals surface area contributed by atoms with Gasteiger partial charge in [0.2, 0.25) is 0 Å². The van der Waals surface area contributed by atoms with Crippen molar-refractivity contribution in [2.45, 2.75) is 24.9 Å². The summed E-state index contributed by atoms with van der Waals surface area (Å²) in [5.74, 6) is 1.30. The summed E-state index contributed by atoms with van der Waals surface area (Å²) in [5, 5.41) is 14.4. The molecule has 0 saturated carbocycles. The van der Waals surface area contributed by atoms with Crippen molar-refractivity contribution < 1.29 is 9.84 Å². The summed E-state index contributed by atoms with van der Waals surface area (Å²) in [6, 6.07) is 8.10. The zero-order valence-electron chi connectivity index (χ0n) is 11.0. The number of rotatable bonds is 3. The Kier molecular flexibility index (Phi) is 3.25. The lowest BCUT2D eigenvalue weighted by Crippen LogP contribution is -2.16. The first kappa shape index (κ1) is 12.2. The van der Waals surface area contributed by atoms with E-state index in [2.05, 4.69) is 11.2 Å². The molecule has 2 unspecified atom stereocenters. The van der Waals surface area contributed by atoms with Crippen molar-refractivity contribution >= 4 is 0 Å². The van der Waals surface area contributed by atoms with E-state index in [1.54, 1.807) is 10.9 Å². The topological polar surface area (TPSA) is 47.3 Å². The molecule has 1 aliphatic heterocycles. The Morgan fingerprint density at radius 2 is 2.32 bits per heavy atom. The number of hydrogen-bond donors (Lipinski definition) is 1. The third-order valence-electron chi connectivity index (χ3n) is 3.70. The van der Waals surface area contributed by atoms with Gasteiger partial charge in [-0.15, -0.1) is 0 Å². The van der Waals surface area contributed by atoms with E-state index in [4.69, 9.17) is 4.74 Å². The Morgan fingerprint density at radius 1 is 1.47 bits per heavy atom. The highest BCUT2D eigenvalue weighted by Gasteiger charge is 2.24. The number of para-hydroxylation sites is 1. The van der Waals surface area contributed by atoms with Crippen LogP contribution in [-0.4, -0.2) is 21.5 Å². The maximum atomic E-state index is 10.3. The van der Waals surface area contributed by atoms with Gasteiger partial charge in [-0.1, -0.05) is 18.2 Å². The van der Waals surface area contributed by atoms with E-state index in [0.29, 0.717) is 12.3 Å². The van der Waals surface area contributed by atoms with Crippen LogP contribution in [0.25, 0.3) is 0 Å². The third-order valence-corrected chi connectivity index (χ3v) is 3.70. The molecule has 4 heteroatoms. The SMILES string of the molecule is Cn1cc(C(O)CC2CCOc3ccccc32)cn1. The van der Waals surface area contributed by atoms with Crippen LogP contribution in [0.5, 0.6) is 5.75 Å². The van der Waals surface area contributed by atoms with Crippen molar-refractivity contribution in [3.05, 3.63) is 47.8 Å². The Morgan fingerprint density at radius 3 is 3.11 bits per heavy atom.